The molecule has 0 aliphatic rings. The zero-order valence-corrected chi connectivity index (χ0v) is 19.5. The fraction of sp³-hybridized carbons (Fsp3) is 0.160. The fourth-order valence-electron chi connectivity index (χ4n) is 3.13. The predicted molar refractivity (Wildman–Crippen MR) is 127 cm³/mol. The summed E-state index contributed by atoms with van der Waals surface area (Å²) in [5.74, 6) is -0.797. The van der Waals surface area contributed by atoms with Gasteiger partial charge in [-0.25, -0.2) is 9.18 Å². The zero-order valence-electron chi connectivity index (χ0n) is 18.7. The van der Waals surface area contributed by atoms with Gasteiger partial charge in [-0.1, -0.05) is 18.2 Å². The molecule has 0 radical (unpaired) electrons. The van der Waals surface area contributed by atoms with Gasteiger partial charge in [0.25, 0.3) is 5.91 Å². The number of carbonyl (C=O) groups excluding carboxylic acids is 2. The lowest BCUT2D eigenvalue weighted by Gasteiger charge is -2.09. The Hall–Kier alpha value is -4.16. The van der Waals surface area contributed by atoms with Crippen molar-refractivity contribution in [2.24, 2.45) is 0 Å². The molecule has 3 rings (SSSR count). The lowest BCUT2D eigenvalue weighted by molar-refractivity contribution is -0.112. The van der Waals surface area contributed by atoms with Gasteiger partial charge in [0.05, 0.1) is 20.8 Å². The normalized spacial score (nSPS) is 10.9. The lowest BCUT2D eigenvalue weighted by Crippen LogP contribution is -2.16. The van der Waals surface area contributed by atoms with Gasteiger partial charge in [-0.05, 0) is 48.4 Å². The molecule has 0 fully saturated rings. The lowest BCUT2D eigenvalue weighted by atomic mass is 10.0. The van der Waals surface area contributed by atoms with Gasteiger partial charge in [0, 0.05) is 10.9 Å². The summed E-state index contributed by atoms with van der Waals surface area (Å²) in [6, 6.07) is 12.5. The Morgan fingerprint density at radius 1 is 1.12 bits per heavy atom. The van der Waals surface area contributed by atoms with Gasteiger partial charge >= 0.3 is 5.97 Å². The minimum Gasteiger partial charge on any atom is -0.493 e. The Bertz CT molecular complexity index is 1280. The number of methoxy groups -OCH3 is 2. The number of benzene rings is 2. The second-order valence-corrected chi connectivity index (χ2v) is 7.70. The third kappa shape index (κ3) is 5.42. The van der Waals surface area contributed by atoms with Crippen LogP contribution < -0.4 is 14.8 Å². The van der Waals surface area contributed by atoms with Gasteiger partial charge < -0.3 is 19.5 Å². The third-order valence-corrected chi connectivity index (χ3v) is 5.63. The fourth-order valence-corrected chi connectivity index (χ4v) is 4.08. The number of nitrogens with one attached hydrogen (secondary N) is 1. The van der Waals surface area contributed by atoms with E-state index >= 15 is 0 Å². The van der Waals surface area contributed by atoms with Crippen molar-refractivity contribution in [3.8, 4) is 28.7 Å². The van der Waals surface area contributed by atoms with Crippen LogP contribution in [0.2, 0.25) is 0 Å². The number of nitriles is 1. The number of carbonyl (C=O) groups is 2. The van der Waals surface area contributed by atoms with E-state index in [-0.39, 0.29) is 22.7 Å². The number of thiophene rings is 1. The number of ether oxygens (including phenoxy) is 3. The van der Waals surface area contributed by atoms with Crippen LogP contribution in [0.3, 0.4) is 0 Å². The van der Waals surface area contributed by atoms with Gasteiger partial charge in [0.2, 0.25) is 0 Å². The molecule has 2 aromatic carbocycles. The maximum Gasteiger partial charge on any atom is 0.341 e. The van der Waals surface area contributed by atoms with Crippen molar-refractivity contribution in [1.29, 1.82) is 5.26 Å². The molecule has 0 spiro atoms. The molecule has 1 amide bonds. The smallest absolute Gasteiger partial charge is 0.341 e. The minimum atomic E-state index is -0.699. The Morgan fingerprint density at radius 3 is 2.44 bits per heavy atom. The molecule has 34 heavy (non-hydrogen) atoms. The highest BCUT2D eigenvalue weighted by Gasteiger charge is 2.24. The number of rotatable bonds is 8. The average Bonchev–Trinajstić information content (AvgIpc) is 3.26. The van der Waals surface area contributed by atoms with Crippen LogP contribution in [0.25, 0.3) is 17.2 Å². The Labute approximate surface area is 200 Å². The number of hydrogen-bond acceptors (Lipinski definition) is 7. The summed E-state index contributed by atoms with van der Waals surface area (Å²) >= 11 is 1.10. The van der Waals surface area contributed by atoms with Crippen LogP contribution in [0.1, 0.15) is 22.8 Å². The number of halogens is 1. The first-order chi connectivity index (χ1) is 16.4. The van der Waals surface area contributed by atoms with Crippen LogP contribution in [0.4, 0.5) is 9.39 Å². The van der Waals surface area contributed by atoms with E-state index in [1.54, 1.807) is 30.5 Å². The summed E-state index contributed by atoms with van der Waals surface area (Å²) in [6.45, 7) is 1.80. The van der Waals surface area contributed by atoms with Crippen molar-refractivity contribution in [3.05, 3.63) is 70.4 Å². The van der Waals surface area contributed by atoms with E-state index in [4.69, 9.17) is 14.2 Å². The second kappa shape index (κ2) is 11.1. The van der Waals surface area contributed by atoms with Crippen molar-refractivity contribution in [2.75, 3.05) is 26.1 Å². The molecule has 1 heterocycles. The Kier molecular flexibility index (Phi) is 8.01. The summed E-state index contributed by atoms with van der Waals surface area (Å²) in [5, 5.41) is 14.1. The highest BCUT2D eigenvalue weighted by atomic mass is 32.1. The molecule has 1 N–H and O–H groups in total. The molecule has 0 aliphatic carbocycles. The molecule has 0 saturated heterocycles. The molecule has 0 unspecified atom stereocenters. The van der Waals surface area contributed by atoms with Crippen molar-refractivity contribution < 1.29 is 28.2 Å². The zero-order chi connectivity index (χ0) is 24.7. The van der Waals surface area contributed by atoms with Crippen LogP contribution in [0.15, 0.2) is 53.4 Å². The molecule has 0 bridgehead atoms. The number of esters is 1. The maximum absolute atomic E-state index is 13.4. The van der Waals surface area contributed by atoms with Crippen LogP contribution in [-0.2, 0) is 9.53 Å². The number of anilines is 1. The first-order valence-corrected chi connectivity index (χ1v) is 11.0. The first-order valence-electron chi connectivity index (χ1n) is 10.1. The average molecular weight is 481 g/mol. The predicted octanol–water partition coefficient (Wildman–Crippen LogP) is 5.29. The maximum atomic E-state index is 13.4. The van der Waals surface area contributed by atoms with Crippen molar-refractivity contribution >= 4 is 34.3 Å². The molecule has 174 valence electrons. The molecule has 7 nitrogen and oxygen atoms in total. The summed E-state index contributed by atoms with van der Waals surface area (Å²) in [5.41, 5.74) is 1.57. The number of hydrogen-bond donors (Lipinski definition) is 1. The summed E-state index contributed by atoms with van der Waals surface area (Å²) in [6.07, 6.45) is 1.40. The molecule has 9 heteroatoms. The van der Waals surface area contributed by atoms with Crippen LogP contribution >= 0.6 is 11.3 Å². The monoisotopic (exact) mass is 480 g/mol. The van der Waals surface area contributed by atoms with Crippen molar-refractivity contribution in [3.63, 3.8) is 0 Å². The largest absolute Gasteiger partial charge is 0.493 e. The SMILES string of the molecule is CCOC(=O)c1c(-c2ccc(F)cc2)csc1NC(=O)/C(C#N)=C/c1ccc(OC)c(OC)c1. The molecule has 0 aliphatic heterocycles. The van der Waals surface area contributed by atoms with E-state index in [0.29, 0.717) is 28.2 Å². The quantitative estimate of drug-likeness (QED) is 0.267. The standard InChI is InChI=1S/C25H21FN2O5S/c1-4-33-25(30)22-19(16-6-8-18(26)9-7-16)14-34-24(22)28-23(29)17(13-27)11-15-5-10-20(31-2)21(12-15)32-3/h5-12,14H,4H2,1-3H3,(H,28,29)/b17-11+. The Balaban J connectivity index is 1.95. The van der Waals surface area contributed by atoms with Crippen molar-refractivity contribution in [2.45, 2.75) is 6.92 Å². The topological polar surface area (TPSA) is 97.7 Å². The van der Waals surface area contributed by atoms with Crippen molar-refractivity contribution in [1.82, 2.24) is 0 Å². The van der Waals surface area contributed by atoms with E-state index < -0.39 is 17.7 Å². The van der Waals surface area contributed by atoms with Gasteiger partial charge in [0.1, 0.15) is 28.0 Å². The molecule has 1 aromatic heterocycles. The van der Waals surface area contributed by atoms with Crippen LogP contribution in [0.5, 0.6) is 11.5 Å². The van der Waals surface area contributed by atoms with Crippen LogP contribution in [0, 0.1) is 17.1 Å². The Morgan fingerprint density at radius 2 is 1.82 bits per heavy atom. The van der Waals surface area contributed by atoms with Gasteiger partial charge in [-0.15, -0.1) is 11.3 Å². The molecular weight excluding hydrogens is 459 g/mol. The van der Waals surface area contributed by atoms with Gasteiger partial charge in [-0.3, -0.25) is 4.79 Å². The number of amides is 1. The highest BCUT2D eigenvalue weighted by molar-refractivity contribution is 7.15. The van der Waals surface area contributed by atoms with E-state index in [1.807, 2.05) is 6.07 Å². The molecule has 0 saturated carbocycles. The summed E-state index contributed by atoms with van der Waals surface area (Å²) in [4.78, 5) is 25.6. The number of nitrogens with zero attached hydrogens (tertiary/aromatic N) is 1. The van der Waals surface area contributed by atoms with Gasteiger partial charge in [0.15, 0.2) is 11.5 Å². The first kappa shape index (κ1) is 24.5. The van der Waals surface area contributed by atoms with E-state index in [0.717, 1.165) is 11.3 Å². The van der Waals surface area contributed by atoms with Crippen LogP contribution in [-0.4, -0.2) is 32.7 Å². The van der Waals surface area contributed by atoms with E-state index in [9.17, 15) is 19.2 Å². The summed E-state index contributed by atoms with van der Waals surface area (Å²) in [7, 11) is 2.99. The highest BCUT2D eigenvalue weighted by Crippen LogP contribution is 2.36. The molecule has 3 aromatic rings. The summed E-state index contributed by atoms with van der Waals surface area (Å²) < 4.78 is 29.0. The van der Waals surface area contributed by atoms with Gasteiger partial charge in [-0.2, -0.15) is 5.26 Å². The van der Waals surface area contributed by atoms with E-state index in [2.05, 4.69) is 5.32 Å². The second-order valence-electron chi connectivity index (χ2n) is 6.82. The minimum absolute atomic E-state index is 0.133. The molecule has 0 atom stereocenters. The molecular formula is C25H21FN2O5S. The van der Waals surface area contributed by atoms with E-state index in [1.165, 1.54) is 44.6 Å². The third-order valence-electron chi connectivity index (χ3n) is 4.74.